The SMILES string of the molecule is CCC1C(O)(CC)C=C(C=O)C2C(OC(=O)c3c(C)cc(OC)cc3O)CC21C. The van der Waals surface area contributed by atoms with Gasteiger partial charge in [-0.2, -0.15) is 0 Å². The molecule has 1 aromatic rings. The number of aromatic hydroxyl groups is 1. The molecule has 0 saturated heterocycles. The molecule has 29 heavy (non-hydrogen) atoms. The normalized spacial score (nSPS) is 33.2. The molecule has 0 aliphatic heterocycles. The molecule has 2 aliphatic carbocycles. The summed E-state index contributed by atoms with van der Waals surface area (Å²) in [6, 6.07) is 3.04. The number of phenolic OH excluding ortho intramolecular Hbond substituents is 1. The van der Waals surface area contributed by atoms with Crippen LogP contribution in [0.5, 0.6) is 11.5 Å². The first-order valence-electron chi connectivity index (χ1n) is 10.1. The van der Waals surface area contributed by atoms with Gasteiger partial charge in [0.1, 0.15) is 29.5 Å². The first-order chi connectivity index (χ1) is 13.6. The van der Waals surface area contributed by atoms with Crippen molar-refractivity contribution in [3.8, 4) is 11.5 Å². The van der Waals surface area contributed by atoms with E-state index in [1.165, 1.54) is 13.2 Å². The quantitative estimate of drug-likeness (QED) is 0.558. The monoisotopic (exact) mass is 402 g/mol. The van der Waals surface area contributed by atoms with Crippen LogP contribution < -0.4 is 4.74 Å². The molecule has 0 aromatic heterocycles. The number of carbonyl (C=O) groups is 2. The standard InChI is InChI=1S/C23H30O6/c1-6-18-22(4)11-17(20(22)14(12-24)10-23(18,27)7-2)29-21(26)19-13(3)8-15(28-5)9-16(19)25/h8-10,12,17-18,20,25,27H,6-7,11H2,1-5H3. The number of rotatable bonds is 6. The second-order valence-corrected chi connectivity index (χ2v) is 8.54. The van der Waals surface area contributed by atoms with E-state index in [4.69, 9.17) is 9.47 Å². The molecule has 6 nitrogen and oxygen atoms in total. The summed E-state index contributed by atoms with van der Waals surface area (Å²) >= 11 is 0. The number of ether oxygens (including phenoxy) is 2. The van der Waals surface area contributed by atoms with Gasteiger partial charge in [0.05, 0.1) is 12.7 Å². The molecule has 1 saturated carbocycles. The highest BCUT2D eigenvalue weighted by atomic mass is 16.5. The lowest BCUT2D eigenvalue weighted by molar-refractivity contribution is -0.173. The summed E-state index contributed by atoms with van der Waals surface area (Å²) in [5, 5.41) is 21.4. The van der Waals surface area contributed by atoms with Crippen LogP contribution in [0.25, 0.3) is 0 Å². The third-order valence-corrected chi connectivity index (χ3v) is 7.00. The Kier molecular flexibility index (Phi) is 5.52. The number of esters is 1. The highest BCUT2D eigenvalue weighted by Crippen LogP contribution is 2.62. The highest BCUT2D eigenvalue weighted by molar-refractivity contribution is 5.94. The van der Waals surface area contributed by atoms with Gasteiger partial charge in [-0.25, -0.2) is 4.79 Å². The summed E-state index contributed by atoms with van der Waals surface area (Å²) in [6.07, 6.45) is 3.81. The van der Waals surface area contributed by atoms with E-state index >= 15 is 0 Å². The molecule has 0 radical (unpaired) electrons. The Morgan fingerprint density at radius 1 is 1.34 bits per heavy atom. The molecule has 1 fully saturated rings. The molecule has 3 rings (SSSR count). The van der Waals surface area contributed by atoms with Gasteiger partial charge in [-0.3, -0.25) is 4.79 Å². The van der Waals surface area contributed by atoms with Gasteiger partial charge in [0.25, 0.3) is 0 Å². The molecule has 0 heterocycles. The van der Waals surface area contributed by atoms with E-state index in [0.29, 0.717) is 29.7 Å². The number of phenols is 1. The number of aryl methyl sites for hydroxylation is 1. The van der Waals surface area contributed by atoms with E-state index in [-0.39, 0.29) is 28.6 Å². The van der Waals surface area contributed by atoms with E-state index in [2.05, 4.69) is 6.92 Å². The maximum Gasteiger partial charge on any atom is 0.342 e. The molecule has 6 heteroatoms. The summed E-state index contributed by atoms with van der Waals surface area (Å²) < 4.78 is 10.9. The van der Waals surface area contributed by atoms with Gasteiger partial charge < -0.3 is 19.7 Å². The Balaban J connectivity index is 1.89. The van der Waals surface area contributed by atoms with Crippen molar-refractivity contribution in [2.24, 2.45) is 17.3 Å². The number of hydrogen-bond acceptors (Lipinski definition) is 6. The number of aliphatic hydroxyl groups is 1. The van der Waals surface area contributed by atoms with Crippen LogP contribution in [-0.4, -0.2) is 41.3 Å². The molecule has 1 aromatic carbocycles. The van der Waals surface area contributed by atoms with E-state index < -0.39 is 17.7 Å². The minimum absolute atomic E-state index is 0.0280. The van der Waals surface area contributed by atoms with Gasteiger partial charge in [-0.05, 0) is 60.8 Å². The van der Waals surface area contributed by atoms with E-state index in [9.17, 15) is 19.8 Å². The maximum absolute atomic E-state index is 12.8. The Labute approximate surface area is 171 Å². The fourth-order valence-corrected chi connectivity index (χ4v) is 5.65. The second-order valence-electron chi connectivity index (χ2n) is 8.54. The third kappa shape index (κ3) is 3.23. The van der Waals surface area contributed by atoms with E-state index in [1.807, 2.05) is 13.8 Å². The minimum atomic E-state index is -1.03. The Bertz CT molecular complexity index is 836. The van der Waals surface area contributed by atoms with Crippen LogP contribution >= 0.6 is 0 Å². The number of methoxy groups -OCH3 is 1. The molecular weight excluding hydrogens is 372 g/mol. The van der Waals surface area contributed by atoms with Gasteiger partial charge in [0.15, 0.2) is 0 Å². The topological polar surface area (TPSA) is 93.1 Å². The number of fused-ring (bicyclic) bond motifs is 1. The van der Waals surface area contributed by atoms with Crippen molar-refractivity contribution in [2.45, 2.75) is 58.7 Å². The van der Waals surface area contributed by atoms with Crippen molar-refractivity contribution in [3.63, 3.8) is 0 Å². The number of hydrogen-bond donors (Lipinski definition) is 2. The van der Waals surface area contributed by atoms with Crippen LogP contribution in [0, 0.1) is 24.2 Å². The zero-order valence-corrected chi connectivity index (χ0v) is 17.7. The van der Waals surface area contributed by atoms with Crippen molar-refractivity contribution in [3.05, 3.63) is 34.9 Å². The number of carbonyl (C=O) groups excluding carboxylic acids is 2. The minimum Gasteiger partial charge on any atom is -0.507 e. The summed E-state index contributed by atoms with van der Waals surface area (Å²) in [4.78, 5) is 24.6. The van der Waals surface area contributed by atoms with Crippen molar-refractivity contribution in [1.29, 1.82) is 0 Å². The zero-order valence-electron chi connectivity index (χ0n) is 17.7. The average molecular weight is 402 g/mol. The molecular formula is C23H30O6. The van der Waals surface area contributed by atoms with Crippen LogP contribution in [-0.2, 0) is 9.53 Å². The van der Waals surface area contributed by atoms with Crippen LogP contribution in [0.3, 0.4) is 0 Å². The zero-order chi connectivity index (χ0) is 21.6. The molecule has 158 valence electrons. The summed E-state index contributed by atoms with van der Waals surface area (Å²) in [6.45, 7) is 7.71. The third-order valence-electron chi connectivity index (χ3n) is 7.00. The van der Waals surface area contributed by atoms with Gasteiger partial charge in [0, 0.05) is 12.0 Å². The second kappa shape index (κ2) is 7.48. The predicted octanol–water partition coefficient (Wildman–Crippen LogP) is 3.57. The maximum atomic E-state index is 12.8. The van der Waals surface area contributed by atoms with Crippen molar-refractivity contribution in [1.82, 2.24) is 0 Å². The lowest BCUT2D eigenvalue weighted by Crippen LogP contribution is -2.63. The van der Waals surface area contributed by atoms with E-state index in [0.717, 1.165) is 12.7 Å². The van der Waals surface area contributed by atoms with Crippen LogP contribution in [0.15, 0.2) is 23.8 Å². The van der Waals surface area contributed by atoms with Crippen molar-refractivity contribution < 1.29 is 29.3 Å². The molecule has 0 amide bonds. The lowest BCUT2D eigenvalue weighted by Gasteiger charge is -2.62. The van der Waals surface area contributed by atoms with Crippen molar-refractivity contribution in [2.75, 3.05) is 7.11 Å². The Morgan fingerprint density at radius 2 is 2.03 bits per heavy atom. The summed E-state index contributed by atoms with van der Waals surface area (Å²) in [5.74, 6) is -0.656. The average Bonchev–Trinajstić information content (AvgIpc) is 2.65. The molecule has 5 atom stereocenters. The molecule has 2 N–H and O–H groups in total. The smallest absolute Gasteiger partial charge is 0.342 e. The van der Waals surface area contributed by atoms with Gasteiger partial charge >= 0.3 is 5.97 Å². The van der Waals surface area contributed by atoms with Gasteiger partial charge in [-0.15, -0.1) is 0 Å². The van der Waals surface area contributed by atoms with E-state index in [1.54, 1.807) is 19.1 Å². The largest absolute Gasteiger partial charge is 0.507 e. The predicted molar refractivity (Wildman–Crippen MR) is 108 cm³/mol. The fourth-order valence-electron chi connectivity index (χ4n) is 5.65. The van der Waals surface area contributed by atoms with Crippen LogP contribution in [0.4, 0.5) is 0 Å². The van der Waals surface area contributed by atoms with Gasteiger partial charge in [0.2, 0.25) is 0 Å². The highest BCUT2D eigenvalue weighted by Gasteiger charge is 2.63. The summed E-state index contributed by atoms with van der Waals surface area (Å²) in [5.41, 5.74) is -0.219. The van der Waals surface area contributed by atoms with Crippen LogP contribution in [0.2, 0.25) is 0 Å². The number of benzene rings is 1. The van der Waals surface area contributed by atoms with Gasteiger partial charge in [-0.1, -0.05) is 20.8 Å². The Morgan fingerprint density at radius 3 is 2.55 bits per heavy atom. The first kappa shape index (κ1) is 21.4. The Hall–Kier alpha value is -2.34. The van der Waals surface area contributed by atoms with Crippen molar-refractivity contribution >= 4 is 12.3 Å². The molecule has 2 aliphatic rings. The molecule has 0 spiro atoms. The number of aldehydes is 1. The molecule has 0 bridgehead atoms. The summed E-state index contributed by atoms with van der Waals surface area (Å²) in [7, 11) is 1.49. The fraction of sp³-hybridized carbons (Fsp3) is 0.565. The molecule has 5 unspecified atom stereocenters. The lowest BCUT2D eigenvalue weighted by atomic mass is 9.45. The first-order valence-corrected chi connectivity index (χ1v) is 10.1. The van der Waals surface area contributed by atoms with Crippen LogP contribution in [0.1, 0.15) is 56.0 Å².